The molecule has 0 unspecified atom stereocenters. The van der Waals surface area contributed by atoms with Crippen molar-refractivity contribution in [3.05, 3.63) is 29.0 Å². The van der Waals surface area contributed by atoms with E-state index in [9.17, 15) is 0 Å². The number of aryl methyl sites for hydroxylation is 1. The maximum Gasteiger partial charge on any atom is 0.110 e. The van der Waals surface area contributed by atoms with E-state index in [1.165, 1.54) is 25.1 Å². The molecule has 21 heavy (non-hydrogen) atoms. The van der Waals surface area contributed by atoms with E-state index < -0.39 is 0 Å². The molecule has 2 heterocycles. The molecular weight excluding hydrogens is 282 g/mol. The van der Waals surface area contributed by atoms with Gasteiger partial charge in [-0.3, -0.25) is 0 Å². The minimum atomic E-state index is 0.387. The van der Waals surface area contributed by atoms with Gasteiger partial charge in [0.15, 0.2) is 0 Å². The van der Waals surface area contributed by atoms with Crippen LogP contribution in [-0.4, -0.2) is 22.6 Å². The molecule has 1 aliphatic rings. The molecule has 1 N–H and O–H groups in total. The van der Waals surface area contributed by atoms with Crippen LogP contribution in [0, 0.1) is 5.92 Å². The molecule has 1 aliphatic heterocycles. The van der Waals surface area contributed by atoms with Crippen molar-refractivity contribution in [1.29, 1.82) is 0 Å². The molecule has 1 fully saturated rings. The molecule has 0 aliphatic carbocycles. The van der Waals surface area contributed by atoms with E-state index in [1.54, 1.807) is 0 Å². The number of hydrogen-bond acceptors (Lipinski definition) is 2. The van der Waals surface area contributed by atoms with Crippen molar-refractivity contribution in [2.24, 2.45) is 5.92 Å². The summed E-state index contributed by atoms with van der Waals surface area (Å²) in [7, 11) is 0. The Morgan fingerprint density at radius 1 is 1.33 bits per heavy atom. The monoisotopic (exact) mass is 305 g/mol. The molecule has 0 spiro atoms. The van der Waals surface area contributed by atoms with Crippen LogP contribution in [0.25, 0.3) is 11.0 Å². The molecule has 0 bridgehead atoms. The predicted molar refractivity (Wildman–Crippen MR) is 89.0 cm³/mol. The molecule has 1 saturated heterocycles. The average molecular weight is 306 g/mol. The van der Waals surface area contributed by atoms with E-state index in [2.05, 4.69) is 29.8 Å². The Balaban J connectivity index is 1.87. The number of rotatable bonds is 4. The summed E-state index contributed by atoms with van der Waals surface area (Å²) < 4.78 is 2.32. The first-order valence-electron chi connectivity index (χ1n) is 8.03. The number of aromatic nitrogens is 2. The summed E-state index contributed by atoms with van der Waals surface area (Å²) in [4.78, 5) is 4.84. The van der Waals surface area contributed by atoms with Crippen LogP contribution in [0.4, 0.5) is 0 Å². The first-order chi connectivity index (χ1) is 10.2. The predicted octanol–water partition coefficient (Wildman–Crippen LogP) is 4.20. The fourth-order valence-corrected chi connectivity index (χ4v) is 3.65. The van der Waals surface area contributed by atoms with Crippen LogP contribution < -0.4 is 5.32 Å². The highest BCUT2D eigenvalue weighted by Crippen LogP contribution is 2.29. The highest BCUT2D eigenvalue weighted by molar-refractivity contribution is 6.35. The fraction of sp³-hybridized carbons (Fsp3) is 0.588. The summed E-state index contributed by atoms with van der Waals surface area (Å²) in [6, 6.07) is 6.39. The second-order valence-electron chi connectivity index (χ2n) is 6.33. The Labute approximate surface area is 131 Å². The lowest BCUT2D eigenvalue weighted by Crippen LogP contribution is -2.28. The maximum atomic E-state index is 6.40. The lowest BCUT2D eigenvalue weighted by molar-refractivity contribution is 0.350. The minimum absolute atomic E-state index is 0.387. The number of imidazole rings is 1. The van der Waals surface area contributed by atoms with Gasteiger partial charge in [0.25, 0.3) is 0 Å². The number of benzene rings is 1. The van der Waals surface area contributed by atoms with E-state index in [0.717, 1.165) is 41.5 Å². The van der Waals surface area contributed by atoms with Crippen molar-refractivity contribution in [2.75, 3.05) is 13.1 Å². The molecule has 4 heteroatoms. The number of para-hydroxylation sites is 1. The van der Waals surface area contributed by atoms with Gasteiger partial charge in [-0.25, -0.2) is 4.98 Å². The van der Waals surface area contributed by atoms with E-state index in [0.29, 0.717) is 6.04 Å². The van der Waals surface area contributed by atoms with Crippen LogP contribution in [0.3, 0.4) is 0 Å². The highest BCUT2D eigenvalue weighted by atomic mass is 35.5. The molecule has 1 aromatic carbocycles. The Bertz CT molecular complexity index is 612. The van der Waals surface area contributed by atoms with Crippen molar-refractivity contribution in [3.63, 3.8) is 0 Å². The quantitative estimate of drug-likeness (QED) is 0.917. The lowest BCUT2D eigenvalue weighted by atomic mass is 9.93. The van der Waals surface area contributed by atoms with Crippen LogP contribution in [0.15, 0.2) is 18.2 Å². The fourth-order valence-electron chi connectivity index (χ4n) is 3.39. The third-order valence-electron chi connectivity index (χ3n) is 4.49. The van der Waals surface area contributed by atoms with Crippen LogP contribution in [0.1, 0.15) is 45.0 Å². The molecule has 114 valence electrons. The molecule has 1 aromatic heterocycles. The number of nitrogens with one attached hydrogen (secondary N) is 1. The zero-order valence-corrected chi connectivity index (χ0v) is 13.7. The number of fused-ring (bicyclic) bond motifs is 1. The van der Waals surface area contributed by atoms with Crippen LogP contribution in [0.5, 0.6) is 0 Å². The molecule has 3 nitrogen and oxygen atoms in total. The van der Waals surface area contributed by atoms with E-state index in [1.807, 2.05) is 12.1 Å². The van der Waals surface area contributed by atoms with Gasteiger partial charge in [0.1, 0.15) is 5.82 Å². The number of piperidine rings is 1. The Kier molecular flexibility index (Phi) is 4.51. The van der Waals surface area contributed by atoms with Gasteiger partial charge in [0.05, 0.1) is 16.1 Å². The van der Waals surface area contributed by atoms with Gasteiger partial charge < -0.3 is 9.88 Å². The topological polar surface area (TPSA) is 29.9 Å². The van der Waals surface area contributed by atoms with Gasteiger partial charge in [0.2, 0.25) is 0 Å². The minimum Gasteiger partial charge on any atom is -0.324 e. The maximum absolute atomic E-state index is 6.40. The Morgan fingerprint density at radius 2 is 2.10 bits per heavy atom. The van der Waals surface area contributed by atoms with Crippen LogP contribution in [0.2, 0.25) is 5.02 Å². The summed E-state index contributed by atoms with van der Waals surface area (Å²) >= 11 is 6.40. The van der Waals surface area contributed by atoms with Crippen molar-refractivity contribution in [1.82, 2.24) is 14.9 Å². The first kappa shape index (κ1) is 14.9. The summed E-state index contributed by atoms with van der Waals surface area (Å²) in [5.74, 6) is 2.02. The van der Waals surface area contributed by atoms with Gasteiger partial charge >= 0.3 is 0 Å². The lowest BCUT2D eigenvalue weighted by Gasteiger charge is -2.22. The van der Waals surface area contributed by atoms with Crippen molar-refractivity contribution >= 4 is 22.6 Å². The van der Waals surface area contributed by atoms with Crippen molar-refractivity contribution in [3.8, 4) is 0 Å². The SMILES string of the molecule is CC(C)n1c(CCC2CCNCC2)nc2cccc(Cl)c21. The summed E-state index contributed by atoms with van der Waals surface area (Å²) in [6.07, 6.45) is 4.87. The highest BCUT2D eigenvalue weighted by Gasteiger charge is 2.18. The molecule has 0 amide bonds. The van der Waals surface area contributed by atoms with Crippen LogP contribution in [-0.2, 0) is 6.42 Å². The zero-order valence-electron chi connectivity index (χ0n) is 12.9. The van der Waals surface area contributed by atoms with Gasteiger partial charge in [0, 0.05) is 12.5 Å². The number of nitrogens with zero attached hydrogens (tertiary/aromatic N) is 2. The average Bonchev–Trinajstić information content (AvgIpc) is 2.86. The van der Waals surface area contributed by atoms with Gasteiger partial charge in [-0.15, -0.1) is 0 Å². The van der Waals surface area contributed by atoms with Gasteiger partial charge in [-0.2, -0.15) is 0 Å². The zero-order chi connectivity index (χ0) is 14.8. The van der Waals surface area contributed by atoms with E-state index in [4.69, 9.17) is 16.6 Å². The molecule has 0 saturated carbocycles. The Hall–Kier alpha value is -1.06. The van der Waals surface area contributed by atoms with Crippen LogP contribution >= 0.6 is 11.6 Å². The van der Waals surface area contributed by atoms with Gasteiger partial charge in [-0.05, 0) is 64.3 Å². The summed E-state index contributed by atoms with van der Waals surface area (Å²) in [5.41, 5.74) is 2.12. The molecule has 2 aromatic rings. The number of halogens is 1. The van der Waals surface area contributed by atoms with Crippen molar-refractivity contribution in [2.45, 2.75) is 45.6 Å². The summed E-state index contributed by atoms with van der Waals surface area (Å²) in [6.45, 7) is 6.74. The summed E-state index contributed by atoms with van der Waals surface area (Å²) in [5, 5.41) is 4.24. The second kappa shape index (κ2) is 6.37. The number of hydrogen-bond donors (Lipinski definition) is 1. The first-order valence-corrected chi connectivity index (χ1v) is 8.40. The second-order valence-corrected chi connectivity index (χ2v) is 6.74. The van der Waals surface area contributed by atoms with Crippen molar-refractivity contribution < 1.29 is 0 Å². The smallest absolute Gasteiger partial charge is 0.110 e. The largest absolute Gasteiger partial charge is 0.324 e. The third-order valence-corrected chi connectivity index (χ3v) is 4.79. The standard InChI is InChI=1S/C17H24ClN3/c1-12(2)21-16(7-6-13-8-10-19-11-9-13)20-15-5-3-4-14(18)17(15)21/h3-5,12-13,19H,6-11H2,1-2H3. The van der Waals surface area contributed by atoms with Gasteiger partial charge in [-0.1, -0.05) is 17.7 Å². The molecule has 3 rings (SSSR count). The van der Waals surface area contributed by atoms with E-state index >= 15 is 0 Å². The third kappa shape index (κ3) is 3.09. The van der Waals surface area contributed by atoms with E-state index in [-0.39, 0.29) is 0 Å². The Morgan fingerprint density at radius 3 is 2.81 bits per heavy atom. The normalized spacial score (nSPS) is 17.0. The molecular formula is C17H24ClN3. The molecule has 0 atom stereocenters. The molecule has 0 radical (unpaired) electrons.